The number of aliphatic hydroxyl groups is 1. The molecule has 1 unspecified atom stereocenters. The second kappa shape index (κ2) is 6.79. The number of aromatic nitrogens is 6. The quantitative estimate of drug-likeness (QED) is 0.531. The molecule has 8 heteroatoms. The standard InChI is InChI=1S/C21H19ClN6O/c22-19-24-15-28(26-19)20(10-11-20)21(29,12-27-14-23-13-25-27)18-8-6-17(7-9-18)16-4-2-1-3-5-16/h1-9,13-15,29H,10-12H2. The maximum Gasteiger partial charge on any atom is 0.242 e. The molecule has 0 amide bonds. The highest BCUT2D eigenvalue weighted by Gasteiger charge is 2.62. The van der Waals surface area contributed by atoms with E-state index in [9.17, 15) is 5.11 Å². The minimum Gasteiger partial charge on any atom is -0.381 e. The molecule has 1 N–H and O–H groups in total. The molecule has 0 bridgehead atoms. The molecule has 1 saturated carbocycles. The van der Waals surface area contributed by atoms with E-state index in [-0.39, 0.29) is 11.8 Å². The van der Waals surface area contributed by atoms with Crippen LogP contribution in [0.4, 0.5) is 0 Å². The molecule has 7 nitrogen and oxygen atoms in total. The molecule has 0 saturated heterocycles. The van der Waals surface area contributed by atoms with Crippen molar-refractivity contribution in [2.45, 2.75) is 30.5 Å². The van der Waals surface area contributed by atoms with Crippen LogP contribution in [0.1, 0.15) is 18.4 Å². The third-order valence-electron chi connectivity index (χ3n) is 5.72. The molecular weight excluding hydrogens is 388 g/mol. The van der Waals surface area contributed by atoms with Gasteiger partial charge in [0.15, 0.2) is 0 Å². The molecule has 0 radical (unpaired) electrons. The molecule has 1 fully saturated rings. The van der Waals surface area contributed by atoms with Gasteiger partial charge in [-0.05, 0) is 41.1 Å². The van der Waals surface area contributed by atoms with E-state index in [1.54, 1.807) is 22.0 Å². The van der Waals surface area contributed by atoms with Crippen molar-refractivity contribution in [1.82, 2.24) is 29.5 Å². The first-order valence-corrected chi connectivity index (χ1v) is 9.77. The van der Waals surface area contributed by atoms with Crippen molar-refractivity contribution in [2.75, 3.05) is 0 Å². The summed E-state index contributed by atoms with van der Waals surface area (Å²) in [6, 6.07) is 18.1. The van der Waals surface area contributed by atoms with Gasteiger partial charge in [-0.25, -0.2) is 19.3 Å². The number of halogens is 1. The van der Waals surface area contributed by atoms with Crippen LogP contribution >= 0.6 is 11.6 Å². The van der Waals surface area contributed by atoms with Crippen LogP contribution in [0, 0.1) is 0 Å². The van der Waals surface area contributed by atoms with E-state index in [0.717, 1.165) is 29.5 Å². The monoisotopic (exact) mass is 406 g/mol. The first kappa shape index (κ1) is 18.0. The molecule has 1 aliphatic carbocycles. The maximum atomic E-state index is 12.0. The summed E-state index contributed by atoms with van der Waals surface area (Å²) in [6.45, 7) is 0.245. The van der Waals surface area contributed by atoms with Gasteiger partial charge in [0.2, 0.25) is 5.28 Å². The van der Waals surface area contributed by atoms with Crippen LogP contribution in [0.2, 0.25) is 5.28 Å². The van der Waals surface area contributed by atoms with E-state index in [1.165, 1.54) is 6.33 Å². The summed E-state index contributed by atoms with van der Waals surface area (Å²) >= 11 is 5.97. The number of hydrogen-bond donors (Lipinski definition) is 1. The minimum absolute atomic E-state index is 0.166. The Hall–Kier alpha value is -3.03. The fraction of sp³-hybridized carbons (Fsp3) is 0.238. The molecule has 1 aliphatic rings. The van der Waals surface area contributed by atoms with Crippen molar-refractivity contribution in [1.29, 1.82) is 0 Å². The van der Waals surface area contributed by atoms with Gasteiger partial charge in [-0.1, -0.05) is 54.6 Å². The van der Waals surface area contributed by atoms with Gasteiger partial charge >= 0.3 is 0 Å². The van der Waals surface area contributed by atoms with Crippen molar-refractivity contribution in [2.24, 2.45) is 0 Å². The number of benzene rings is 2. The third kappa shape index (κ3) is 3.03. The van der Waals surface area contributed by atoms with Crippen molar-refractivity contribution in [3.8, 4) is 11.1 Å². The highest BCUT2D eigenvalue weighted by Crippen LogP contribution is 2.56. The average molecular weight is 407 g/mol. The molecule has 0 spiro atoms. The van der Waals surface area contributed by atoms with Gasteiger partial charge in [0.25, 0.3) is 0 Å². The Morgan fingerprint density at radius 2 is 1.72 bits per heavy atom. The lowest BCUT2D eigenvalue weighted by Crippen LogP contribution is -2.47. The van der Waals surface area contributed by atoms with Crippen molar-refractivity contribution >= 4 is 11.6 Å². The fourth-order valence-corrected chi connectivity index (χ4v) is 4.15. The summed E-state index contributed by atoms with van der Waals surface area (Å²) in [4.78, 5) is 8.07. The molecule has 0 aliphatic heterocycles. The van der Waals surface area contributed by atoms with Crippen LogP contribution in [0.5, 0.6) is 0 Å². The lowest BCUT2D eigenvalue weighted by Gasteiger charge is -2.37. The van der Waals surface area contributed by atoms with Crippen LogP contribution in [0.3, 0.4) is 0 Å². The maximum absolute atomic E-state index is 12.0. The lowest BCUT2D eigenvalue weighted by atomic mass is 9.83. The highest BCUT2D eigenvalue weighted by molar-refractivity contribution is 6.28. The molecule has 2 aromatic carbocycles. The van der Waals surface area contributed by atoms with Crippen LogP contribution in [-0.4, -0.2) is 34.6 Å². The molecule has 4 aromatic rings. The van der Waals surface area contributed by atoms with Crippen molar-refractivity contribution in [3.05, 3.63) is 84.4 Å². The van der Waals surface area contributed by atoms with Gasteiger partial charge in [0.1, 0.15) is 24.6 Å². The van der Waals surface area contributed by atoms with E-state index in [0.29, 0.717) is 0 Å². The Morgan fingerprint density at radius 1 is 1.00 bits per heavy atom. The Morgan fingerprint density at radius 3 is 2.31 bits per heavy atom. The highest BCUT2D eigenvalue weighted by atomic mass is 35.5. The zero-order valence-electron chi connectivity index (χ0n) is 15.6. The fourth-order valence-electron chi connectivity index (χ4n) is 4.02. The van der Waals surface area contributed by atoms with Crippen molar-refractivity contribution in [3.63, 3.8) is 0 Å². The van der Waals surface area contributed by atoms with Crippen molar-refractivity contribution < 1.29 is 5.11 Å². The van der Waals surface area contributed by atoms with E-state index >= 15 is 0 Å². The van der Waals surface area contributed by atoms with Crippen LogP contribution in [-0.2, 0) is 17.7 Å². The van der Waals surface area contributed by atoms with E-state index in [2.05, 4.69) is 32.3 Å². The Balaban J connectivity index is 1.58. The van der Waals surface area contributed by atoms with Gasteiger partial charge in [-0.15, -0.1) is 5.10 Å². The summed E-state index contributed by atoms with van der Waals surface area (Å²) in [6.07, 6.45) is 6.18. The molecule has 29 heavy (non-hydrogen) atoms. The summed E-state index contributed by atoms with van der Waals surface area (Å²) in [7, 11) is 0. The zero-order valence-corrected chi connectivity index (χ0v) is 16.3. The summed E-state index contributed by atoms with van der Waals surface area (Å²) < 4.78 is 3.33. The van der Waals surface area contributed by atoms with Gasteiger partial charge in [-0.2, -0.15) is 5.10 Å². The normalized spacial score (nSPS) is 17.0. The molecule has 2 heterocycles. The van der Waals surface area contributed by atoms with Gasteiger partial charge in [0, 0.05) is 0 Å². The lowest BCUT2D eigenvalue weighted by molar-refractivity contribution is -0.0551. The third-order valence-corrected chi connectivity index (χ3v) is 5.90. The van der Waals surface area contributed by atoms with E-state index in [4.69, 9.17) is 11.6 Å². The van der Waals surface area contributed by atoms with Crippen LogP contribution < -0.4 is 0 Å². The molecule has 146 valence electrons. The Kier molecular flexibility index (Phi) is 4.22. The van der Waals surface area contributed by atoms with Gasteiger partial charge in [0.05, 0.1) is 12.1 Å². The topological polar surface area (TPSA) is 81.6 Å². The van der Waals surface area contributed by atoms with Gasteiger partial charge in [-0.3, -0.25) is 0 Å². The first-order chi connectivity index (χ1) is 14.1. The SMILES string of the molecule is OC(Cn1cncn1)(c1ccc(-c2ccccc2)cc1)C1(n2cnc(Cl)n2)CC1. The van der Waals surface area contributed by atoms with Crippen LogP contribution in [0.25, 0.3) is 11.1 Å². The molecular formula is C21H19ClN6O. The summed E-state index contributed by atoms with van der Waals surface area (Å²) in [5.74, 6) is 0. The number of hydrogen-bond acceptors (Lipinski definition) is 5. The average Bonchev–Trinajstić information content (AvgIpc) is 3.21. The molecule has 2 aromatic heterocycles. The Bertz CT molecular complexity index is 1110. The molecule has 5 rings (SSSR count). The predicted octanol–water partition coefficient (Wildman–Crippen LogP) is 3.27. The largest absolute Gasteiger partial charge is 0.381 e. The predicted molar refractivity (Wildman–Crippen MR) is 108 cm³/mol. The smallest absolute Gasteiger partial charge is 0.242 e. The summed E-state index contributed by atoms with van der Waals surface area (Å²) in [5.41, 5.74) is 1.12. The minimum atomic E-state index is -1.26. The molecule has 1 atom stereocenters. The van der Waals surface area contributed by atoms with Crippen LogP contribution in [0.15, 0.2) is 73.6 Å². The van der Waals surface area contributed by atoms with E-state index in [1.807, 2.05) is 42.5 Å². The number of rotatable bonds is 6. The van der Waals surface area contributed by atoms with Gasteiger partial charge < -0.3 is 5.11 Å². The Labute approximate surface area is 172 Å². The number of nitrogens with zero attached hydrogens (tertiary/aromatic N) is 6. The second-order valence-corrected chi connectivity index (χ2v) is 7.72. The summed E-state index contributed by atoms with van der Waals surface area (Å²) in [5, 5.41) is 20.7. The second-order valence-electron chi connectivity index (χ2n) is 7.39. The first-order valence-electron chi connectivity index (χ1n) is 9.39. The zero-order chi connectivity index (χ0) is 19.9. The van der Waals surface area contributed by atoms with E-state index < -0.39 is 11.1 Å².